The van der Waals surface area contributed by atoms with Crippen LogP contribution in [0.4, 0.5) is 5.69 Å². The van der Waals surface area contributed by atoms with Gasteiger partial charge in [0.05, 0.1) is 16.8 Å². The normalized spacial score (nSPS) is 18.1. The van der Waals surface area contributed by atoms with E-state index in [-0.39, 0.29) is 17.9 Å². The second kappa shape index (κ2) is 6.71. The third-order valence-electron chi connectivity index (χ3n) is 4.23. The fourth-order valence-electron chi connectivity index (χ4n) is 3.00. The minimum atomic E-state index is -3.96. The van der Waals surface area contributed by atoms with Gasteiger partial charge in [0.25, 0.3) is 0 Å². The van der Waals surface area contributed by atoms with Crippen molar-refractivity contribution in [1.82, 2.24) is 9.29 Å². The molecule has 26 heavy (non-hydrogen) atoms. The van der Waals surface area contributed by atoms with Gasteiger partial charge >= 0.3 is 5.97 Å². The highest BCUT2D eigenvalue weighted by atomic mass is 35.5. The van der Waals surface area contributed by atoms with Gasteiger partial charge in [0.15, 0.2) is 0 Å². The maximum atomic E-state index is 12.9. The van der Waals surface area contributed by atoms with Crippen LogP contribution in [0.3, 0.4) is 0 Å². The van der Waals surface area contributed by atoms with Crippen LogP contribution < -0.4 is 10.2 Å². The number of nitrogens with two attached hydrogens (primary N) is 1. The molecule has 2 aromatic rings. The van der Waals surface area contributed by atoms with Crippen LogP contribution in [-0.2, 0) is 14.8 Å². The Morgan fingerprint density at radius 1 is 1.42 bits per heavy atom. The fraction of sp³-hybridized carbons (Fsp3) is 0.267. The number of carbonyl (C=O) groups is 1. The summed E-state index contributed by atoms with van der Waals surface area (Å²) in [5, 5.41) is 17.7. The first-order valence-electron chi connectivity index (χ1n) is 7.66. The molecule has 9 nitrogen and oxygen atoms in total. The Morgan fingerprint density at radius 3 is 2.81 bits per heavy atom. The third-order valence-corrected chi connectivity index (χ3v) is 6.50. The van der Waals surface area contributed by atoms with E-state index >= 15 is 0 Å². The van der Waals surface area contributed by atoms with Gasteiger partial charge in [0.1, 0.15) is 6.04 Å². The van der Waals surface area contributed by atoms with Crippen LogP contribution in [0.2, 0.25) is 0 Å². The molecule has 1 fully saturated rings. The summed E-state index contributed by atoms with van der Waals surface area (Å²) in [7, 11) is -3.96. The molecule has 138 valence electrons. The van der Waals surface area contributed by atoms with E-state index in [0.29, 0.717) is 22.9 Å². The highest BCUT2D eigenvalue weighted by Gasteiger charge is 2.39. The molecular weight excluding hydrogens is 382 g/mol. The largest absolute Gasteiger partial charge is 0.480 e. The van der Waals surface area contributed by atoms with Gasteiger partial charge in [-0.1, -0.05) is 6.07 Å². The van der Waals surface area contributed by atoms with Crippen LogP contribution in [0.15, 0.2) is 35.5 Å². The van der Waals surface area contributed by atoms with Gasteiger partial charge < -0.3 is 10.8 Å². The number of carboxylic acid groups (broad SMARTS) is 1. The minimum Gasteiger partial charge on any atom is -0.480 e. The number of aliphatic carboxylic acids is 1. The number of aromatic nitrogens is 1. The molecule has 1 aromatic heterocycles. The second-order valence-electron chi connectivity index (χ2n) is 5.82. The van der Waals surface area contributed by atoms with Crippen molar-refractivity contribution >= 4 is 50.2 Å². The standard InChI is InChI=1S/C15H16ClN5O4S/c16-21(15(17)18)13-8-19-7-9-6-10(3-4-11(9)13)26(24,25)20-5-1-2-12(20)14(22)23/h3-4,6-8,12H,1-2,5H2,(H3,17,18)(H,22,23)/t12-/m0/s1. The van der Waals surface area contributed by atoms with Crippen molar-refractivity contribution in [2.24, 2.45) is 5.73 Å². The number of nitrogens with one attached hydrogen (secondary N) is 1. The Kier molecular flexibility index (Phi) is 4.74. The molecule has 3 rings (SSSR count). The van der Waals surface area contributed by atoms with E-state index in [4.69, 9.17) is 22.9 Å². The Morgan fingerprint density at radius 2 is 2.15 bits per heavy atom. The molecule has 0 aliphatic carbocycles. The number of halogens is 1. The molecule has 11 heteroatoms. The molecule has 2 heterocycles. The molecule has 1 saturated heterocycles. The summed E-state index contributed by atoms with van der Waals surface area (Å²) >= 11 is 5.96. The number of fused-ring (bicyclic) bond motifs is 1. The molecule has 0 saturated carbocycles. The molecule has 0 bridgehead atoms. The van der Waals surface area contributed by atoms with Gasteiger partial charge in [-0.05, 0) is 25.0 Å². The Hall–Kier alpha value is -2.43. The lowest BCUT2D eigenvalue weighted by molar-refractivity contribution is -0.140. The quantitative estimate of drug-likeness (QED) is 0.401. The number of nitrogens with zero attached hydrogens (tertiary/aromatic N) is 3. The van der Waals surface area contributed by atoms with Gasteiger partial charge in [-0.15, -0.1) is 0 Å². The molecule has 0 unspecified atom stereocenters. The first-order valence-corrected chi connectivity index (χ1v) is 9.43. The fourth-order valence-corrected chi connectivity index (χ4v) is 4.82. The van der Waals surface area contributed by atoms with Crippen LogP contribution in [-0.4, -0.2) is 47.3 Å². The SMILES string of the molecule is N=C(N)N(Cl)c1cncc2cc(S(=O)(=O)N3CCC[C@H]3C(=O)O)ccc12. The van der Waals surface area contributed by atoms with Gasteiger partial charge in [-0.25, -0.2) is 12.8 Å². The van der Waals surface area contributed by atoms with Crippen molar-refractivity contribution in [1.29, 1.82) is 5.41 Å². The van der Waals surface area contributed by atoms with Crippen molar-refractivity contribution in [3.63, 3.8) is 0 Å². The van der Waals surface area contributed by atoms with Gasteiger partial charge in [-0.3, -0.25) is 15.2 Å². The lowest BCUT2D eigenvalue weighted by Crippen LogP contribution is -2.40. The molecule has 0 spiro atoms. The number of hydrogen-bond acceptors (Lipinski definition) is 5. The molecule has 4 N–H and O–H groups in total. The summed E-state index contributed by atoms with van der Waals surface area (Å²) in [6, 6.07) is 3.26. The molecule has 0 radical (unpaired) electrons. The Labute approximate surface area is 154 Å². The van der Waals surface area contributed by atoms with E-state index < -0.39 is 28.0 Å². The highest BCUT2D eigenvalue weighted by Crippen LogP contribution is 2.31. The molecule has 1 aliphatic heterocycles. The predicted molar refractivity (Wildman–Crippen MR) is 96.5 cm³/mol. The third kappa shape index (κ3) is 3.06. The van der Waals surface area contributed by atoms with E-state index in [0.717, 1.165) is 8.72 Å². The summed E-state index contributed by atoms with van der Waals surface area (Å²) in [5.41, 5.74) is 5.71. The predicted octanol–water partition coefficient (Wildman–Crippen LogP) is 1.33. The lowest BCUT2D eigenvalue weighted by atomic mass is 10.1. The zero-order chi connectivity index (χ0) is 19.1. The Balaban J connectivity index is 2.07. The topological polar surface area (TPSA) is 141 Å². The van der Waals surface area contributed by atoms with Crippen LogP contribution in [0.5, 0.6) is 0 Å². The average molecular weight is 398 g/mol. The van der Waals surface area contributed by atoms with Crippen LogP contribution in [0, 0.1) is 5.41 Å². The van der Waals surface area contributed by atoms with Gasteiger partial charge in [-0.2, -0.15) is 4.31 Å². The van der Waals surface area contributed by atoms with E-state index in [1.165, 1.54) is 30.6 Å². The summed E-state index contributed by atoms with van der Waals surface area (Å²) in [6.45, 7) is 0.162. The number of hydrogen-bond donors (Lipinski definition) is 3. The maximum absolute atomic E-state index is 12.9. The van der Waals surface area contributed by atoms with Crippen LogP contribution in [0.25, 0.3) is 10.8 Å². The minimum absolute atomic E-state index is 0.0268. The zero-order valence-corrected chi connectivity index (χ0v) is 15.0. The summed E-state index contributed by atoms with van der Waals surface area (Å²) in [5.74, 6) is -1.56. The van der Waals surface area contributed by atoms with Crippen molar-refractivity contribution in [2.75, 3.05) is 11.0 Å². The first kappa shape index (κ1) is 18.4. The van der Waals surface area contributed by atoms with Crippen LogP contribution >= 0.6 is 11.8 Å². The number of anilines is 1. The van der Waals surface area contributed by atoms with E-state index in [2.05, 4.69) is 4.98 Å². The molecular formula is C15H16ClN5O4S. The molecule has 1 aromatic carbocycles. The van der Waals surface area contributed by atoms with Gasteiger partial charge in [0.2, 0.25) is 16.0 Å². The van der Waals surface area contributed by atoms with Crippen molar-refractivity contribution < 1.29 is 18.3 Å². The summed E-state index contributed by atoms with van der Waals surface area (Å²) in [4.78, 5) is 15.3. The zero-order valence-electron chi connectivity index (χ0n) is 13.5. The maximum Gasteiger partial charge on any atom is 0.322 e. The van der Waals surface area contributed by atoms with Crippen LogP contribution in [0.1, 0.15) is 12.8 Å². The first-order chi connectivity index (χ1) is 12.2. The highest BCUT2D eigenvalue weighted by molar-refractivity contribution is 7.89. The van der Waals surface area contributed by atoms with Gasteiger partial charge in [0, 0.05) is 35.3 Å². The van der Waals surface area contributed by atoms with E-state index in [9.17, 15) is 18.3 Å². The van der Waals surface area contributed by atoms with Crippen molar-refractivity contribution in [3.8, 4) is 0 Å². The van der Waals surface area contributed by atoms with Crippen molar-refractivity contribution in [3.05, 3.63) is 30.6 Å². The second-order valence-corrected chi connectivity index (χ2v) is 8.05. The molecule has 1 aliphatic rings. The Bertz CT molecular complexity index is 997. The van der Waals surface area contributed by atoms with Crippen molar-refractivity contribution in [2.45, 2.75) is 23.8 Å². The number of rotatable bonds is 4. The summed E-state index contributed by atoms with van der Waals surface area (Å²) in [6.07, 6.45) is 3.65. The lowest BCUT2D eigenvalue weighted by Gasteiger charge is -2.21. The number of pyridine rings is 1. The molecule has 1 atom stereocenters. The number of guanidine groups is 1. The smallest absolute Gasteiger partial charge is 0.322 e. The number of carboxylic acids is 1. The monoisotopic (exact) mass is 397 g/mol. The number of sulfonamides is 1. The number of benzene rings is 1. The molecule has 0 amide bonds. The average Bonchev–Trinajstić information content (AvgIpc) is 3.11. The van der Waals surface area contributed by atoms with E-state index in [1.807, 2.05) is 0 Å². The summed E-state index contributed by atoms with van der Waals surface area (Å²) < 4.78 is 27.7. The van der Waals surface area contributed by atoms with E-state index in [1.54, 1.807) is 0 Å².